The van der Waals surface area contributed by atoms with Crippen LogP contribution in [0.25, 0.3) is 42.1 Å². The van der Waals surface area contributed by atoms with E-state index in [9.17, 15) is 0 Å². The molecule has 0 spiro atoms. The molecule has 0 atom stereocenters. The fourth-order valence-electron chi connectivity index (χ4n) is 6.15. The summed E-state index contributed by atoms with van der Waals surface area (Å²) in [5.74, 6) is 0. The van der Waals surface area contributed by atoms with Gasteiger partial charge in [-0.25, -0.2) is 0 Å². The summed E-state index contributed by atoms with van der Waals surface area (Å²) in [5, 5.41) is 4.98. The SMILES string of the molecule is CC1(C)c2ccccc2N(c2cccc3c2sc2c3ccc3oc4ccccc4c32)c2ccccc21. The molecular weight excluding hydrogens is 458 g/mol. The van der Waals surface area contributed by atoms with Crippen molar-refractivity contribution in [2.45, 2.75) is 19.3 Å². The topological polar surface area (TPSA) is 16.4 Å². The normalized spacial score (nSPS) is 14.6. The fourth-order valence-corrected chi connectivity index (χ4v) is 7.51. The highest BCUT2D eigenvalue weighted by Gasteiger charge is 2.37. The first-order chi connectivity index (χ1) is 17.6. The molecule has 5 aromatic carbocycles. The van der Waals surface area contributed by atoms with E-state index in [2.05, 4.69) is 116 Å². The zero-order valence-electron chi connectivity index (χ0n) is 20.1. The zero-order valence-corrected chi connectivity index (χ0v) is 20.9. The third-order valence-electron chi connectivity index (χ3n) is 7.86. The summed E-state index contributed by atoms with van der Waals surface area (Å²) < 4.78 is 8.81. The van der Waals surface area contributed by atoms with Gasteiger partial charge in [0.25, 0.3) is 0 Å². The summed E-state index contributed by atoms with van der Waals surface area (Å²) in [6.07, 6.45) is 0. The van der Waals surface area contributed by atoms with Crippen LogP contribution in [0.1, 0.15) is 25.0 Å². The molecule has 7 aromatic rings. The molecule has 0 saturated carbocycles. The standard InChI is InChI=1S/C33H23NOS/c1-33(2)23-12-4-6-14-25(23)34(26-15-7-5-13-24(26)33)27-16-9-11-20-21-18-19-29-30(32(21)36-31(20)27)22-10-3-8-17-28(22)35-29/h3-19H,1-2H3. The highest BCUT2D eigenvalue weighted by atomic mass is 32.1. The summed E-state index contributed by atoms with van der Waals surface area (Å²) in [6, 6.07) is 37.2. The number of benzene rings is 5. The second-order valence-electron chi connectivity index (χ2n) is 10.2. The second kappa shape index (κ2) is 6.99. The van der Waals surface area contributed by atoms with Gasteiger partial charge in [-0.3, -0.25) is 0 Å². The Morgan fingerprint density at radius 2 is 1.17 bits per heavy atom. The fraction of sp³-hybridized carbons (Fsp3) is 0.0909. The third-order valence-corrected chi connectivity index (χ3v) is 9.12. The number of furan rings is 1. The average molecular weight is 482 g/mol. The predicted molar refractivity (Wildman–Crippen MR) is 153 cm³/mol. The van der Waals surface area contributed by atoms with Gasteiger partial charge in [0.15, 0.2) is 0 Å². The summed E-state index contributed by atoms with van der Waals surface area (Å²) in [5.41, 5.74) is 8.26. The van der Waals surface area contributed by atoms with Crippen molar-refractivity contribution in [3.05, 3.63) is 114 Å². The van der Waals surface area contributed by atoms with E-state index in [-0.39, 0.29) is 5.41 Å². The van der Waals surface area contributed by atoms with Crippen LogP contribution < -0.4 is 4.90 Å². The minimum Gasteiger partial charge on any atom is -0.456 e. The van der Waals surface area contributed by atoms with E-state index >= 15 is 0 Å². The van der Waals surface area contributed by atoms with Gasteiger partial charge in [0.2, 0.25) is 0 Å². The van der Waals surface area contributed by atoms with Crippen LogP contribution in [0.5, 0.6) is 0 Å². The highest BCUT2D eigenvalue weighted by molar-refractivity contribution is 7.27. The lowest BCUT2D eigenvalue weighted by Crippen LogP contribution is -2.30. The lowest BCUT2D eigenvalue weighted by molar-refractivity contribution is 0.632. The maximum absolute atomic E-state index is 6.22. The first-order valence-electron chi connectivity index (χ1n) is 12.4. The average Bonchev–Trinajstić information content (AvgIpc) is 3.48. The van der Waals surface area contributed by atoms with Gasteiger partial charge in [0.05, 0.1) is 21.8 Å². The molecule has 172 valence electrons. The van der Waals surface area contributed by atoms with E-state index < -0.39 is 0 Å². The van der Waals surface area contributed by atoms with Gasteiger partial charge in [-0.1, -0.05) is 80.6 Å². The van der Waals surface area contributed by atoms with E-state index in [1.807, 2.05) is 17.4 Å². The molecule has 2 aromatic heterocycles. The quantitative estimate of drug-likeness (QED) is 0.232. The Morgan fingerprint density at radius 1 is 0.556 bits per heavy atom. The number of fused-ring (bicyclic) bond motifs is 9. The second-order valence-corrected chi connectivity index (χ2v) is 11.2. The zero-order chi connectivity index (χ0) is 24.0. The van der Waals surface area contributed by atoms with E-state index in [0.717, 1.165) is 11.2 Å². The number of thiophene rings is 1. The number of hydrogen-bond donors (Lipinski definition) is 0. The molecule has 0 fully saturated rings. The van der Waals surface area contributed by atoms with Gasteiger partial charge >= 0.3 is 0 Å². The molecular formula is C33H23NOS. The lowest BCUT2D eigenvalue weighted by atomic mass is 9.73. The minimum atomic E-state index is -0.0698. The number of rotatable bonds is 1. The molecule has 0 unspecified atom stereocenters. The maximum Gasteiger partial charge on any atom is 0.136 e. The molecule has 0 saturated heterocycles. The van der Waals surface area contributed by atoms with Crippen LogP contribution in [0.3, 0.4) is 0 Å². The molecule has 0 aliphatic carbocycles. The van der Waals surface area contributed by atoms with Crippen LogP contribution in [0.4, 0.5) is 17.1 Å². The highest BCUT2D eigenvalue weighted by Crippen LogP contribution is 2.54. The molecule has 3 heteroatoms. The molecule has 1 aliphatic heterocycles. The monoisotopic (exact) mass is 481 g/mol. The molecule has 0 amide bonds. The number of anilines is 3. The predicted octanol–water partition coefficient (Wildman–Crippen LogP) is 10.1. The smallest absolute Gasteiger partial charge is 0.136 e. The molecule has 1 aliphatic rings. The van der Waals surface area contributed by atoms with E-state index in [1.165, 1.54) is 59.1 Å². The van der Waals surface area contributed by atoms with Crippen LogP contribution in [0.15, 0.2) is 108 Å². The van der Waals surface area contributed by atoms with Crippen LogP contribution in [-0.4, -0.2) is 0 Å². The first-order valence-corrected chi connectivity index (χ1v) is 13.2. The van der Waals surface area contributed by atoms with Crippen LogP contribution in [0, 0.1) is 0 Å². The van der Waals surface area contributed by atoms with Gasteiger partial charge in [0, 0.05) is 31.7 Å². The van der Waals surface area contributed by atoms with Crippen molar-refractivity contribution < 1.29 is 4.42 Å². The van der Waals surface area contributed by atoms with Crippen molar-refractivity contribution >= 4 is 70.5 Å². The molecule has 3 heterocycles. The molecule has 0 bridgehead atoms. The Bertz CT molecular complexity index is 1940. The Kier molecular flexibility index (Phi) is 3.91. The summed E-state index contributed by atoms with van der Waals surface area (Å²) in [6.45, 7) is 4.67. The molecule has 2 nitrogen and oxygen atoms in total. The van der Waals surface area contributed by atoms with Crippen molar-refractivity contribution in [3.63, 3.8) is 0 Å². The Morgan fingerprint density at radius 3 is 1.94 bits per heavy atom. The molecule has 0 N–H and O–H groups in total. The van der Waals surface area contributed by atoms with Crippen molar-refractivity contribution in [1.29, 1.82) is 0 Å². The van der Waals surface area contributed by atoms with Gasteiger partial charge < -0.3 is 9.32 Å². The van der Waals surface area contributed by atoms with Crippen LogP contribution >= 0.6 is 11.3 Å². The van der Waals surface area contributed by atoms with Gasteiger partial charge in [-0.15, -0.1) is 11.3 Å². The van der Waals surface area contributed by atoms with Gasteiger partial charge in [-0.2, -0.15) is 0 Å². The molecule has 36 heavy (non-hydrogen) atoms. The van der Waals surface area contributed by atoms with Crippen LogP contribution in [0.2, 0.25) is 0 Å². The van der Waals surface area contributed by atoms with E-state index in [0.29, 0.717) is 0 Å². The maximum atomic E-state index is 6.22. The van der Waals surface area contributed by atoms with Crippen LogP contribution in [-0.2, 0) is 5.41 Å². The molecule has 8 rings (SSSR count). The Balaban J connectivity index is 1.49. The first kappa shape index (κ1) is 20.1. The number of hydrogen-bond acceptors (Lipinski definition) is 3. The van der Waals surface area contributed by atoms with E-state index in [1.54, 1.807) is 0 Å². The summed E-state index contributed by atoms with van der Waals surface area (Å²) >= 11 is 1.88. The Labute approximate surface area is 213 Å². The summed E-state index contributed by atoms with van der Waals surface area (Å²) in [4.78, 5) is 2.47. The van der Waals surface area contributed by atoms with Crippen molar-refractivity contribution in [1.82, 2.24) is 0 Å². The van der Waals surface area contributed by atoms with Gasteiger partial charge in [0.1, 0.15) is 11.2 Å². The van der Waals surface area contributed by atoms with Crippen molar-refractivity contribution in [2.24, 2.45) is 0 Å². The Hall–Kier alpha value is -4.08. The van der Waals surface area contributed by atoms with Gasteiger partial charge in [-0.05, 0) is 47.5 Å². The lowest BCUT2D eigenvalue weighted by Gasteiger charge is -2.42. The largest absolute Gasteiger partial charge is 0.456 e. The minimum absolute atomic E-state index is 0.0698. The van der Waals surface area contributed by atoms with Crippen molar-refractivity contribution in [2.75, 3.05) is 4.90 Å². The number of nitrogens with zero attached hydrogens (tertiary/aromatic N) is 1. The summed E-state index contributed by atoms with van der Waals surface area (Å²) in [7, 11) is 0. The van der Waals surface area contributed by atoms with E-state index in [4.69, 9.17) is 4.42 Å². The number of para-hydroxylation sites is 3. The van der Waals surface area contributed by atoms with Crippen molar-refractivity contribution in [3.8, 4) is 0 Å². The third kappa shape index (κ3) is 2.51. The molecule has 0 radical (unpaired) electrons.